The topological polar surface area (TPSA) is 106 Å². The van der Waals surface area contributed by atoms with Crippen molar-refractivity contribution in [2.45, 2.75) is 31.7 Å². The molecule has 0 bridgehead atoms. The number of carboxylic acids is 1. The molecule has 0 saturated heterocycles. The molecule has 4 rings (SSSR count). The normalized spacial score (nSPS) is 12.2. The standard InChI is InChI=1S/C27H21ClF4N4O4/c28-19-11-9-16(10-12-19)24-34-36(26(40)35(24)14-18-6-2-4-8-21(18)29)15-23(37)33-22(25(38)39)13-17-5-1-3-7-20(17)27(30,31)32/h1-12,22H,13-15H2,(H,33,37)(H,38,39)/t22-/m0/s1. The van der Waals surface area contributed by atoms with E-state index in [-0.39, 0.29) is 23.5 Å². The second-order valence-electron chi connectivity index (χ2n) is 8.77. The van der Waals surface area contributed by atoms with Gasteiger partial charge in [-0.15, -0.1) is 5.10 Å². The van der Waals surface area contributed by atoms with Crippen LogP contribution < -0.4 is 11.0 Å². The first-order chi connectivity index (χ1) is 18.9. The highest BCUT2D eigenvalue weighted by atomic mass is 35.5. The Hall–Kier alpha value is -4.45. The molecule has 1 atom stereocenters. The van der Waals surface area contributed by atoms with Crippen molar-refractivity contribution in [3.63, 3.8) is 0 Å². The van der Waals surface area contributed by atoms with Gasteiger partial charge in [0.2, 0.25) is 5.91 Å². The lowest BCUT2D eigenvalue weighted by Crippen LogP contribution is -2.45. The quantitative estimate of drug-likeness (QED) is 0.288. The number of carboxylic acid groups (broad SMARTS) is 1. The van der Waals surface area contributed by atoms with Gasteiger partial charge in [-0.2, -0.15) is 13.2 Å². The molecule has 1 heterocycles. The molecule has 0 radical (unpaired) electrons. The molecule has 0 unspecified atom stereocenters. The van der Waals surface area contributed by atoms with Crippen molar-refractivity contribution in [1.82, 2.24) is 19.7 Å². The van der Waals surface area contributed by atoms with Crippen molar-refractivity contribution in [3.8, 4) is 11.4 Å². The first kappa shape index (κ1) is 28.6. The maximum atomic E-state index is 14.4. The van der Waals surface area contributed by atoms with E-state index >= 15 is 0 Å². The highest BCUT2D eigenvalue weighted by Crippen LogP contribution is 2.32. The Morgan fingerprint density at radius 3 is 2.23 bits per heavy atom. The van der Waals surface area contributed by atoms with Crippen LogP contribution in [0, 0.1) is 5.82 Å². The maximum absolute atomic E-state index is 14.4. The molecule has 8 nitrogen and oxygen atoms in total. The van der Waals surface area contributed by atoms with Gasteiger partial charge >= 0.3 is 17.8 Å². The van der Waals surface area contributed by atoms with Crippen molar-refractivity contribution in [2.75, 3.05) is 0 Å². The molecule has 4 aromatic rings. The van der Waals surface area contributed by atoms with E-state index in [0.29, 0.717) is 10.6 Å². The number of halogens is 5. The fourth-order valence-corrected chi connectivity index (χ4v) is 4.19. The summed E-state index contributed by atoms with van der Waals surface area (Å²) >= 11 is 5.95. The van der Waals surface area contributed by atoms with E-state index in [0.717, 1.165) is 21.4 Å². The fourth-order valence-electron chi connectivity index (χ4n) is 4.07. The van der Waals surface area contributed by atoms with E-state index in [1.165, 1.54) is 30.3 Å². The number of hydrogen-bond donors (Lipinski definition) is 2. The molecular formula is C27H21ClF4N4O4. The summed E-state index contributed by atoms with van der Waals surface area (Å²) < 4.78 is 56.4. The molecular weight excluding hydrogens is 556 g/mol. The van der Waals surface area contributed by atoms with Gasteiger partial charge in [0.25, 0.3) is 0 Å². The Morgan fingerprint density at radius 1 is 0.975 bits per heavy atom. The summed E-state index contributed by atoms with van der Waals surface area (Å²) in [7, 11) is 0. The molecule has 13 heteroatoms. The average Bonchev–Trinajstić information content (AvgIpc) is 3.19. The van der Waals surface area contributed by atoms with Crippen LogP contribution in [0.3, 0.4) is 0 Å². The van der Waals surface area contributed by atoms with E-state index in [1.807, 2.05) is 0 Å². The minimum atomic E-state index is -4.72. The summed E-state index contributed by atoms with van der Waals surface area (Å²) in [6, 6.07) is 14.7. The molecule has 1 amide bonds. The fraction of sp³-hybridized carbons (Fsp3) is 0.185. The molecule has 0 saturated carbocycles. The molecule has 3 aromatic carbocycles. The summed E-state index contributed by atoms with van der Waals surface area (Å²) in [6.45, 7) is -0.967. The van der Waals surface area contributed by atoms with Gasteiger partial charge in [-0.05, 0) is 42.0 Å². The zero-order chi connectivity index (χ0) is 29.0. The monoisotopic (exact) mass is 576 g/mol. The molecule has 0 aliphatic heterocycles. The third-order valence-electron chi connectivity index (χ3n) is 5.99. The van der Waals surface area contributed by atoms with Crippen LogP contribution in [0.15, 0.2) is 77.6 Å². The van der Waals surface area contributed by atoms with Crippen LogP contribution >= 0.6 is 11.6 Å². The number of benzene rings is 3. The lowest BCUT2D eigenvalue weighted by molar-refractivity contribution is -0.143. The Morgan fingerprint density at radius 2 is 1.60 bits per heavy atom. The number of carbonyl (C=O) groups is 2. The third kappa shape index (κ3) is 6.57. The molecule has 0 spiro atoms. The number of aliphatic carboxylic acids is 1. The third-order valence-corrected chi connectivity index (χ3v) is 6.24. The number of hydrogen-bond acceptors (Lipinski definition) is 4. The van der Waals surface area contributed by atoms with Crippen LogP contribution in [0.4, 0.5) is 17.6 Å². The number of nitrogens with zero attached hydrogens (tertiary/aromatic N) is 3. The summed E-state index contributed by atoms with van der Waals surface area (Å²) in [5.41, 5.74) is -1.52. The molecule has 0 fully saturated rings. The van der Waals surface area contributed by atoms with E-state index in [1.54, 1.807) is 30.3 Å². The molecule has 0 aliphatic rings. The Bertz CT molecular complexity index is 1600. The Labute approximate surface area is 229 Å². The lowest BCUT2D eigenvalue weighted by atomic mass is 9.99. The minimum absolute atomic E-state index is 0.0895. The van der Waals surface area contributed by atoms with Crippen LogP contribution in [-0.4, -0.2) is 37.4 Å². The van der Waals surface area contributed by atoms with Gasteiger partial charge in [0, 0.05) is 22.6 Å². The molecule has 208 valence electrons. The molecule has 40 heavy (non-hydrogen) atoms. The highest BCUT2D eigenvalue weighted by Gasteiger charge is 2.34. The van der Waals surface area contributed by atoms with E-state index < -0.39 is 54.1 Å². The molecule has 2 N–H and O–H groups in total. The maximum Gasteiger partial charge on any atom is 0.416 e. The largest absolute Gasteiger partial charge is 0.480 e. The summed E-state index contributed by atoms with van der Waals surface area (Å²) in [4.78, 5) is 37.8. The van der Waals surface area contributed by atoms with Crippen molar-refractivity contribution in [1.29, 1.82) is 0 Å². The average molecular weight is 577 g/mol. The lowest BCUT2D eigenvalue weighted by Gasteiger charge is -2.18. The second-order valence-corrected chi connectivity index (χ2v) is 9.20. The van der Waals surface area contributed by atoms with Gasteiger partial charge in [0.15, 0.2) is 5.82 Å². The molecule has 0 aliphatic carbocycles. The number of aromatic nitrogens is 3. The smallest absolute Gasteiger partial charge is 0.416 e. The highest BCUT2D eigenvalue weighted by molar-refractivity contribution is 6.30. The van der Waals surface area contributed by atoms with Crippen molar-refractivity contribution in [3.05, 3.63) is 111 Å². The predicted molar refractivity (Wildman–Crippen MR) is 137 cm³/mol. The summed E-state index contributed by atoms with van der Waals surface area (Å²) in [6.07, 6.45) is -5.37. The minimum Gasteiger partial charge on any atom is -0.480 e. The summed E-state index contributed by atoms with van der Waals surface area (Å²) in [5, 5.41) is 16.4. The Balaban J connectivity index is 1.62. The van der Waals surface area contributed by atoms with Crippen molar-refractivity contribution in [2.24, 2.45) is 0 Å². The van der Waals surface area contributed by atoms with Crippen molar-refractivity contribution >= 4 is 23.5 Å². The van der Waals surface area contributed by atoms with Crippen LogP contribution in [0.2, 0.25) is 5.02 Å². The van der Waals surface area contributed by atoms with Gasteiger partial charge in [-0.1, -0.05) is 48.0 Å². The van der Waals surface area contributed by atoms with Crippen LogP contribution in [0.25, 0.3) is 11.4 Å². The van der Waals surface area contributed by atoms with Gasteiger partial charge in [-0.25, -0.2) is 18.7 Å². The number of alkyl halides is 3. The zero-order valence-electron chi connectivity index (χ0n) is 20.5. The SMILES string of the molecule is O=C(Cn1nc(-c2ccc(Cl)cc2)n(Cc2ccccc2F)c1=O)N[C@@H](Cc1ccccc1C(F)(F)F)C(=O)O. The predicted octanol–water partition coefficient (Wildman–Crippen LogP) is 4.38. The first-order valence-corrected chi connectivity index (χ1v) is 12.2. The van der Waals surface area contributed by atoms with Gasteiger partial charge < -0.3 is 10.4 Å². The first-order valence-electron chi connectivity index (χ1n) is 11.8. The van der Waals surface area contributed by atoms with E-state index in [2.05, 4.69) is 10.4 Å². The second kappa shape index (κ2) is 11.7. The van der Waals surface area contributed by atoms with Crippen molar-refractivity contribution < 1.29 is 32.3 Å². The number of nitrogens with one attached hydrogen (secondary N) is 1. The zero-order valence-corrected chi connectivity index (χ0v) is 21.3. The van der Waals surface area contributed by atoms with E-state index in [9.17, 15) is 37.1 Å². The van der Waals surface area contributed by atoms with Gasteiger partial charge in [-0.3, -0.25) is 9.36 Å². The molecule has 1 aromatic heterocycles. The number of carbonyl (C=O) groups excluding carboxylic acids is 1. The van der Waals surface area contributed by atoms with E-state index in [4.69, 9.17) is 11.6 Å². The van der Waals surface area contributed by atoms with Gasteiger partial charge in [0.05, 0.1) is 12.1 Å². The Kier molecular flexibility index (Phi) is 8.38. The van der Waals surface area contributed by atoms with Crippen LogP contribution in [-0.2, 0) is 35.3 Å². The summed E-state index contributed by atoms with van der Waals surface area (Å²) in [5.74, 6) is -3.02. The van der Waals surface area contributed by atoms with Crippen LogP contribution in [0.5, 0.6) is 0 Å². The number of amides is 1. The van der Waals surface area contributed by atoms with Gasteiger partial charge in [0.1, 0.15) is 18.4 Å². The number of rotatable bonds is 9. The van der Waals surface area contributed by atoms with Crippen LogP contribution in [0.1, 0.15) is 16.7 Å².